The molecule has 0 unspecified atom stereocenters. The maximum atomic E-state index is 4.59. The van der Waals surface area contributed by atoms with Crippen molar-refractivity contribution >= 4 is 17.3 Å². The quantitative estimate of drug-likeness (QED) is 0.899. The third-order valence-electron chi connectivity index (χ3n) is 4.32. The zero-order valence-electron chi connectivity index (χ0n) is 12.3. The Labute approximate surface area is 119 Å². The van der Waals surface area contributed by atoms with E-state index in [0.29, 0.717) is 0 Å². The molecular weight excluding hydrogens is 250 g/mol. The number of anilines is 2. The van der Waals surface area contributed by atoms with E-state index >= 15 is 0 Å². The Bertz CT molecular complexity index is 569. The molecule has 0 aromatic carbocycles. The Kier molecular flexibility index (Phi) is 3.76. The van der Waals surface area contributed by atoms with Crippen LogP contribution in [0, 0.1) is 11.8 Å². The maximum Gasteiger partial charge on any atom is 0.180 e. The third kappa shape index (κ3) is 2.71. The molecule has 108 valence electrons. The van der Waals surface area contributed by atoms with E-state index in [1.54, 1.807) is 0 Å². The molecule has 1 aliphatic rings. The Morgan fingerprint density at radius 3 is 2.85 bits per heavy atom. The number of imidazole rings is 1. The van der Waals surface area contributed by atoms with Gasteiger partial charge in [-0.3, -0.25) is 0 Å². The van der Waals surface area contributed by atoms with Gasteiger partial charge in [0.05, 0.1) is 6.20 Å². The second-order valence-electron chi connectivity index (χ2n) is 5.89. The molecule has 0 atom stereocenters. The summed E-state index contributed by atoms with van der Waals surface area (Å²) in [7, 11) is 1.89. The standard InChI is InChI=1S/C15H23N5/c1-11-3-5-12(6-4-11)9-18-14-15-17-7-8-20(15)10-13(16-2)19-14/h7-8,10-12,16H,3-6,9H2,1-2H3,(H,18,19). The van der Waals surface area contributed by atoms with E-state index in [-0.39, 0.29) is 0 Å². The van der Waals surface area contributed by atoms with Crippen molar-refractivity contribution in [3.05, 3.63) is 18.6 Å². The molecule has 3 rings (SSSR count). The number of nitrogens with one attached hydrogen (secondary N) is 2. The monoisotopic (exact) mass is 273 g/mol. The average molecular weight is 273 g/mol. The Hall–Kier alpha value is -1.78. The van der Waals surface area contributed by atoms with E-state index < -0.39 is 0 Å². The first kappa shape index (κ1) is 13.2. The topological polar surface area (TPSA) is 54.2 Å². The summed E-state index contributed by atoms with van der Waals surface area (Å²) in [6.07, 6.45) is 11.1. The largest absolute Gasteiger partial charge is 0.372 e. The SMILES string of the molecule is CNc1cn2ccnc2c(NCC2CCC(C)CC2)n1. The average Bonchev–Trinajstić information content (AvgIpc) is 2.94. The number of nitrogens with zero attached hydrogens (tertiary/aromatic N) is 3. The lowest BCUT2D eigenvalue weighted by Crippen LogP contribution is -2.21. The lowest BCUT2D eigenvalue weighted by Gasteiger charge is -2.26. The molecule has 2 heterocycles. The second kappa shape index (κ2) is 5.69. The summed E-state index contributed by atoms with van der Waals surface area (Å²) in [4.78, 5) is 8.97. The fourth-order valence-electron chi connectivity index (χ4n) is 2.94. The van der Waals surface area contributed by atoms with Crippen LogP contribution in [-0.4, -0.2) is 28.0 Å². The number of hydrogen-bond donors (Lipinski definition) is 2. The van der Waals surface area contributed by atoms with Crippen molar-refractivity contribution in [1.29, 1.82) is 0 Å². The van der Waals surface area contributed by atoms with Crippen LogP contribution in [0.2, 0.25) is 0 Å². The summed E-state index contributed by atoms with van der Waals surface area (Å²) in [5.41, 5.74) is 0.896. The molecule has 2 aromatic heterocycles. The Morgan fingerprint density at radius 1 is 1.30 bits per heavy atom. The second-order valence-corrected chi connectivity index (χ2v) is 5.89. The van der Waals surface area contributed by atoms with Gasteiger partial charge in [0.2, 0.25) is 0 Å². The summed E-state index contributed by atoms with van der Waals surface area (Å²) >= 11 is 0. The highest BCUT2D eigenvalue weighted by molar-refractivity contribution is 5.65. The maximum absolute atomic E-state index is 4.59. The number of hydrogen-bond acceptors (Lipinski definition) is 4. The van der Waals surface area contributed by atoms with Crippen molar-refractivity contribution in [3.8, 4) is 0 Å². The Balaban J connectivity index is 1.71. The highest BCUT2D eigenvalue weighted by Crippen LogP contribution is 2.28. The first-order chi connectivity index (χ1) is 9.76. The van der Waals surface area contributed by atoms with Gasteiger partial charge >= 0.3 is 0 Å². The van der Waals surface area contributed by atoms with Crippen molar-refractivity contribution in [2.75, 3.05) is 24.2 Å². The van der Waals surface area contributed by atoms with Crippen LogP contribution in [-0.2, 0) is 0 Å². The minimum absolute atomic E-state index is 0.765. The molecule has 0 bridgehead atoms. The van der Waals surface area contributed by atoms with E-state index in [0.717, 1.165) is 35.7 Å². The van der Waals surface area contributed by atoms with Gasteiger partial charge in [-0.15, -0.1) is 0 Å². The minimum Gasteiger partial charge on any atom is -0.372 e. The number of rotatable bonds is 4. The van der Waals surface area contributed by atoms with Crippen LogP contribution in [0.4, 0.5) is 11.6 Å². The van der Waals surface area contributed by atoms with E-state index in [2.05, 4.69) is 27.5 Å². The predicted octanol–water partition coefficient (Wildman–Crippen LogP) is 3.01. The smallest absolute Gasteiger partial charge is 0.180 e. The van der Waals surface area contributed by atoms with Crippen LogP contribution in [0.3, 0.4) is 0 Å². The van der Waals surface area contributed by atoms with Gasteiger partial charge in [0.25, 0.3) is 0 Å². The molecule has 0 spiro atoms. The molecular formula is C15H23N5. The van der Waals surface area contributed by atoms with Crippen molar-refractivity contribution < 1.29 is 0 Å². The molecule has 20 heavy (non-hydrogen) atoms. The van der Waals surface area contributed by atoms with Gasteiger partial charge in [0, 0.05) is 26.0 Å². The van der Waals surface area contributed by atoms with E-state index in [1.165, 1.54) is 25.7 Å². The molecule has 0 aliphatic heterocycles. The summed E-state index contributed by atoms with van der Waals surface area (Å²) in [5.74, 6) is 3.40. The molecule has 0 radical (unpaired) electrons. The zero-order valence-corrected chi connectivity index (χ0v) is 12.3. The highest BCUT2D eigenvalue weighted by atomic mass is 15.1. The van der Waals surface area contributed by atoms with Gasteiger partial charge in [-0.2, -0.15) is 0 Å². The predicted molar refractivity (Wildman–Crippen MR) is 82.1 cm³/mol. The van der Waals surface area contributed by atoms with Gasteiger partial charge in [0.1, 0.15) is 5.82 Å². The van der Waals surface area contributed by atoms with Gasteiger partial charge in [-0.1, -0.05) is 19.8 Å². The zero-order chi connectivity index (χ0) is 13.9. The summed E-state index contributed by atoms with van der Waals surface area (Å²) in [6.45, 7) is 3.35. The molecule has 1 saturated carbocycles. The van der Waals surface area contributed by atoms with Crippen molar-refractivity contribution in [1.82, 2.24) is 14.4 Å². The number of aromatic nitrogens is 3. The lowest BCUT2D eigenvalue weighted by atomic mass is 9.83. The van der Waals surface area contributed by atoms with E-state index in [1.807, 2.05) is 30.0 Å². The Morgan fingerprint density at radius 2 is 2.10 bits per heavy atom. The first-order valence-corrected chi connectivity index (χ1v) is 7.51. The summed E-state index contributed by atoms with van der Waals surface area (Å²) in [5, 5.41) is 6.59. The lowest BCUT2D eigenvalue weighted by molar-refractivity contribution is 0.300. The van der Waals surface area contributed by atoms with Crippen LogP contribution in [0.1, 0.15) is 32.6 Å². The van der Waals surface area contributed by atoms with Gasteiger partial charge in [0.15, 0.2) is 11.5 Å². The van der Waals surface area contributed by atoms with Crippen LogP contribution in [0.15, 0.2) is 18.6 Å². The van der Waals surface area contributed by atoms with Crippen LogP contribution < -0.4 is 10.6 Å². The molecule has 0 saturated heterocycles. The van der Waals surface area contributed by atoms with Gasteiger partial charge in [-0.25, -0.2) is 9.97 Å². The van der Waals surface area contributed by atoms with Crippen LogP contribution in [0.5, 0.6) is 0 Å². The molecule has 5 nitrogen and oxygen atoms in total. The summed E-state index contributed by atoms with van der Waals surface area (Å²) in [6, 6.07) is 0. The molecule has 1 fully saturated rings. The number of fused-ring (bicyclic) bond motifs is 1. The summed E-state index contributed by atoms with van der Waals surface area (Å²) < 4.78 is 2.00. The highest BCUT2D eigenvalue weighted by Gasteiger charge is 2.18. The molecule has 2 N–H and O–H groups in total. The van der Waals surface area contributed by atoms with Crippen LogP contribution >= 0.6 is 0 Å². The van der Waals surface area contributed by atoms with Crippen molar-refractivity contribution in [2.45, 2.75) is 32.6 Å². The van der Waals surface area contributed by atoms with Crippen molar-refractivity contribution in [3.63, 3.8) is 0 Å². The molecule has 5 heteroatoms. The third-order valence-corrected chi connectivity index (χ3v) is 4.32. The first-order valence-electron chi connectivity index (χ1n) is 7.51. The molecule has 1 aliphatic carbocycles. The van der Waals surface area contributed by atoms with E-state index in [9.17, 15) is 0 Å². The molecule has 0 amide bonds. The van der Waals surface area contributed by atoms with E-state index in [4.69, 9.17) is 0 Å². The van der Waals surface area contributed by atoms with Crippen LogP contribution in [0.25, 0.3) is 5.65 Å². The fraction of sp³-hybridized carbons (Fsp3) is 0.600. The molecule has 2 aromatic rings. The van der Waals surface area contributed by atoms with Gasteiger partial charge < -0.3 is 15.0 Å². The normalized spacial score (nSPS) is 22.9. The van der Waals surface area contributed by atoms with Crippen molar-refractivity contribution in [2.24, 2.45) is 11.8 Å². The minimum atomic E-state index is 0.765. The fourth-order valence-corrected chi connectivity index (χ4v) is 2.94. The van der Waals surface area contributed by atoms with Gasteiger partial charge in [-0.05, 0) is 24.7 Å².